The molecule has 0 spiro atoms. The first-order valence-corrected chi connectivity index (χ1v) is 35.4. The largest absolute Gasteiger partial charge is 0.368 e. The van der Waals surface area contributed by atoms with Gasteiger partial charge >= 0.3 is 18.1 Å². The zero-order valence-corrected chi connectivity index (χ0v) is 58.7. The fourth-order valence-corrected chi connectivity index (χ4v) is 13.2. The molecule has 0 atom stereocenters. The van der Waals surface area contributed by atoms with Gasteiger partial charge in [0.1, 0.15) is 28.7 Å². The number of amides is 6. The molecule has 0 unspecified atom stereocenters. The van der Waals surface area contributed by atoms with Crippen LogP contribution in [0, 0.1) is 29.1 Å². The lowest BCUT2D eigenvalue weighted by atomic mass is 10.0. The molecule has 12 aromatic rings. The van der Waals surface area contributed by atoms with Crippen LogP contribution in [0.5, 0.6) is 0 Å². The fraction of sp³-hybridized carbons (Fsp3) is 0.178. The van der Waals surface area contributed by atoms with Gasteiger partial charge in [0.25, 0.3) is 0 Å². The summed E-state index contributed by atoms with van der Waals surface area (Å²) in [5, 5.41) is 13.5. The third kappa shape index (κ3) is 14.4. The van der Waals surface area contributed by atoms with Crippen molar-refractivity contribution in [3.63, 3.8) is 0 Å². The zero-order valence-electron chi connectivity index (χ0n) is 57.1. The smallest absolute Gasteiger partial charge is 0.329 e. The number of urea groups is 3. The number of anilines is 9. The molecule has 6 N–H and O–H groups in total. The Kier molecular flexibility index (Phi) is 20.2. The summed E-state index contributed by atoms with van der Waals surface area (Å²) in [5.41, 5.74) is 24.3. The number of halogens is 6. The summed E-state index contributed by atoms with van der Waals surface area (Å²) >= 11 is 5.88. The minimum absolute atomic E-state index is 0.0797. The maximum absolute atomic E-state index is 16.0. The molecule has 0 saturated carbocycles. The summed E-state index contributed by atoms with van der Waals surface area (Å²) in [6.07, 6.45) is 10.9. The molecule has 6 aromatic carbocycles. The van der Waals surface area contributed by atoms with E-state index in [1.807, 2.05) is 20.8 Å². The van der Waals surface area contributed by atoms with E-state index >= 15 is 13.2 Å². The number of nitrogens with two attached hydrogens (primary N) is 3. The second-order valence-corrected chi connectivity index (χ2v) is 26.6. The van der Waals surface area contributed by atoms with E-state index in [2.05, 4.69) is 45.2 Å². The van der Waals surface area contributed by atoms with E-state index in [9.17, 15) is 31.6 Å². The summed E-state index contributed by atoms with van der Waals surface area (Å²) in [4.78, 5) is 72.7. The van der Waals surface area contributed by atoms with E-state index in [0.717, 1.165) is 6.26 Å². The highest BCUT2D eigenvalue weighted by Gasteiger charge is 2.37. The van der Waals surface area contributed by atoms with Gasteiger partial charge in [-0.3, -0.25) is 43.4 Å². The highest BCUT2D eigenvalue weighted by molar-refractivity contribution is 7.90. The first-order chi connectivity index (χ1) is 51.0. The predicted molar refractivity (Wildman–Crippen MR) is 394 cm³/mol. The minimum Gasteiger partial charge on any atom is -0.368 e. The fourth-order valence-electron chi connectivity index (χ4n) is 12.4. The second kappa shape index (κ2) is 29.9. The molecule has 3 saturated heterocycles. The van der Waals surface area contributed by atoms with Crippen LogP contribution >= 0.6 is 11.6 Å². The number of benzene rings is 6. The van der Waals surface area contributed by atoms with Gasteiger partial charge in [0.2, 0.25) is 17.8 Å². The van der Waals surface area contributed by atoms with Gasteiger partial charge in [-0.2, -0.15) is 15.3 Å². The van der Waals surface area contributed by atoms with Crippen LogP contribution in [0.2, 0.25) is 5.02 Å². The van der Waals surface area contributed by atoms with Crippen molar-refractivity contribution in [1.29, 1.82) is 0 Å². The molecule has 6 amide bonds. The number of hydrogen-bond acceptors (Lipinski definition) is 17. The predicted octanol–water partition coefficient (Wildman–Crippen LogP) is 12.9. The average Bonchev–Trinajstić information content (AvgIpc) is 1.61. The minimum atomic E-state index is -3.36. The number of aromatic nitrogens is 12. The molecule has 0 aliphatic carbocycles. The van der Waals surface area contributed by atoms with Crippen molar-refractivity contribution in [1.82, 2.24) is 59.2 Å². The summed E-state index contributed by atoms with van der Waals surface area (Å²) in [6.45, 7) is 9.23. The Morgan fingerprint density at radius 2 is 0.736 bits per heavy atom. The highest BCUT2D eigenvalue weighted by atomic mass is 35.5. The highest BCUT2D eigenvalue weighted by Crippen LogP contribution is 2.42. The standard InChI is InChI=1S/C25H24FN7O3S.C24H20ClF2N7O.C24H21F2N7O/c1-3-31-15-19(23(30-31)20-11-12-28-24(27)29-20)18-5-4-6-21(22(18)26)33-14-13-32(25(33)34)16-7-9-17(10-8-16)37(2,35)36;1-2-32-13-16(22(31-32)19-8-9-29-23(28)30-19)15-4-3-5-20(21(15)27)34-11-10-33(24(34)35)14-6-7-18(26)17(25)12-14;1-2-31-14-18(22(30-31)19-10-11-28-23(27)29-19)17-4-3-5-20(21(17)26)33-13-12-32(24(33)34)16-8-6-15(25)7-9-16/h4-12,15H,3,13-14H2,1-2H3,(H2,27,28,29);3-9,12-13H,2,10-11H2,1H3,(H2,28,29,30);3-11,14H,2,12-13H2,1H3,(H2,27,28,29). The number of nitrogens with zero attached hydrogens (tertiary/aromatic N) is 18. The maximum Gasteiger partial charge on any atom is 0.329 e. The van der Waals surface area contributed by atoms with E-state index in [0.29, 0.717) is 114 Å². The normalized spacial score (nSPS) is 13.8. The lowest BCUT2D eigenvalue weighted by molar-refractivity contribution is 0.255. The van der Waals surface area contributed by atoms with Crippen molar-refractivity contribution in [2.24, 2.45) is 0 Å². The molecule has 33 heteroatoms. The van der Waals surface area contributed by atoms with Crippen LogP contribution in [0.4, 0.5) is 88.3 Å². The van der Waals surface area contributed by atoms with Gasteiger partial charge in [0.05, 0.1) is 44.1 Å². The lowest BCUT2D eigenvalue weighted by Crippen LogP contribution is -2.32. The Hall–Kier alpha value is -12.7. The number of hydrogen-bond donors (Lipinski definition) is 3. The van der Waals surface area contributed by atoms with Gasteiger partial charge in [-0.25, -0.2) is 74.7 Å². The SMILES string of the molecule is CCn1cc(-c2cccc(N3CCN(c4ccc(F)c(Cl)c4)C3=O)c2F)c(-c2ccnc(N)n2)n1.CCn1cc(-c2cccc(N3CCN(c4ccc(F)cc4)C3=O)c2F)c(-c2ccnc(N)n2)n1.CCn1cc(-c2cccc(N3CCN(c4ccc(S(C)(=O)=O)cc4)C3=O)c2F)c(-c2ccnc(N)n2)n1. The van der Waals surface area contributed by atoms with Crippen molar-refractivity contribution < 1.29 is 44.8 Å². The molecule has 3 fully saturated rings. The zero-order chi connectivity index (χ0) is 74.8. The van der Waals surface area contributed by atoms with Gasteiger partial charge < -0.3 is 17.2 Å². The van der Waals surface area contributed by atoms with E-state index < -0.39 is 45.2 Å². The van der Waals surface area contributed by atoms with E-state index in [4.69, 9.17) is 28.8 Å². The van der Waals surface area contributed by atoms with Crippen molar-refractivity contribution >= 4 is 91.5 Å². The lowest BCUT2D eigenvalue weighted by Gasteiger charge is -2.20. The van der Waals surface area contributed by atoms with Crippen LogP contribution in [0.1, 0.15) is 20.8 Å². The van der Waals surface area contributed by atoms with Crippen LogP contribution in [0.3, 0.4) is 0 Å². The van der Waals surface area contributed by atoms with Crippen molar-refractivity contribution in [2.75, 3.05) is 92.1 Å². The van der Waals surface area contributed by atoms with E-state index in [1.54, 1.807) is 118 Å². The Labute approximate surface area is 608 Å². The average molecular weight is 1480 g/mol. The number of carbonyl (C=O) groups is 3. The van der Waals surface area contributed by atoms with E-state index in [-0.39, 0.29) is 86.5 Å². The summed E-state index contributed by atoms with van der Waals surface area (Å²) in [7, 11) is -3.36. The van der Waals surface area contributed by atoms with E-state index in [1.165, 1.54) is 103 Å². The molecule has 3 aliphatic rings. The molecule has 106 heavy (non-hydrogen) atoms. The maximum atomic E-state index is 16.0. The van der Waals surface area contributed by atoms with Crippen LogP contribution in [0.15, 0.2) is 182 Å². The Morgan fingerprint density at radius 1 is 0.415 bits per heavy atom. The molecule has 3 aliphatic heterocycles. The van der Waals surface area contributed by atoms with Gasteiger partial charge in [-0.05, 0) is 124 Å². The summed E-state index contributed by atoms with van der Waals surface area (Å²) in [5.74, 6) is -2.40. The third-order valence-electron chi connectivity index (χ3n) is 17.6. The first kappa shape index (κ1) is 71.7. The van der Waals surface area contributed by atoms with Crippen LogP contribution in [-0.4, -0.2) is 131 Å². The van der Waals surface area contributed by atoms with Crippen LogP contribution in [0.25, 0.3) is 67.5 Å². The molecular formula is C73H65ClF5N21O5S. The first-order valence-electron chi connectivity index (χ1n) is 33.1. The van der Waals surface area contributed by atoms with Gasteiger partial charge in [-0.1, -0.05) is 48.0 Å². The molecule has 6 aromatic heterocycles. The Balaban J connectivity index is 0.000000141. The molecular weight excluding hydrogens is 1410 g/mol. The number of nitrogen functional groups attached to an aromatic ring is 3. The second-order valence-electron chi connectivity index (χ2n) is 24.2. The Morgan fingerprint density at radius 3 is 1.06 bits per heavy atom. The summed E-state index contributed by atoms with van der Waals surface area (Å²) < 4.78 is 103. The number of sulfone groups is 1. The van der Waals surface area contributed by atoms with Gasteiger partial charge in [0, 0.05) is 153 Å². The van der Waals surface area contributed by atoms with Crippen LogP contribution in [-0.2, 0) is 29.5 Å². The van der Waals surface area contributed by atoms with Crippen molar-refractivity contribution in [3.8, 4) is 67.5 Å². The van der Waals surface area contributed by atoms with Gasteiger partial charge in [-0.15, -0.1) is 0 Å². The Bertz CT molecular complexity index is 5480. The van der Waals surface area contributed by atoms with Crippen LogP contribution < -0.4 is 46.6 Å². The molecule has 15 rings (SSSR count). The summed E-state index contributed by atoms with van der Waals surface area (Å²) in [6, 6.07) is 34.1. The number of aryl methyl sites for hydroxylation is 3. The van der Waals surface area contributed by atoms with Crippen molar-refractivity contribution in [2.45, 2.75) is 45.3 Å². The topological polar surface area (TPSA) is 314 Å². The third-order valence-corrected chi connectivity index (χ3v) is 19.1. The van der Waals surface area contributed by atoms with Crippen molar-refractivity contribution in [3.05, 3.63) is 211 Å². The molecule has 0 radical (unpaired) electrons. The molecule has 0 bridgehead atoms. The monoisotopic (exact) mass is 1480 g/mol. The quantitative estimate of drug-likeness (QED) is 0.0757. The molecule has 9 heterocycles. The van der Waals surface area contributed by atoms with Gasteiger partial charge in [0.15, 0.2) is 27.3 Å². The number of carbonyl (C=O) groups excluding carboxylic acids is 3. The number of rotatable bonds is 16. The molecule has 26 nitrogen and oxygen atoms in total. The molecule has 540 valence electrons.